The van der Waals surface area contributed by atoms with Gasteiger partial charge in [0.2, 0.25) is 5.43 Å². The van der Waals surface area contributed by atoms with Crippen molar-refractivity contribution in [3.63, 3.8) is 0 Å². The number of carbonyl (C=O) groups excluding carboxylic acids is 1. The van der Waals surface area contributed by atoms with E-state index in [1.807, 2.05) is 0 Å². The molecule has 0 aliphatic heterocycles. The number of fused-ring (bicyclic) bond motifs is 2. The van der Waals surface area contributed by atoms with Crippen LogP contribution in [-0.2, 0) is 0 Å². The lowest BCUT2D eigenvalue weighted by molar-refractivity contribution is 0.0996. The number of furan rings is 1. The highest BCUT2D eigenvalue weighted by Gasteiger charge is 2.18. The molecule has 25 heavy (non-hydrogen) atoms. The van der Waals surface area contributed by atoms with E-state index >= 15 is 0 Å². The molecular formula is C19H13NO5. The van der Waals surface area contributed by atoms with Crippen LogP contribution in [0.1, 0.15) is 10.6 Å². The second kappa shape index (κ2) is 5.83. The molecular weight excluding hydrogens is 322 g/mol. The summed E-state index contributed by atoms with van der Waals surface area (Å²) in [7, 11) is 1.51. The van der Waals surface area contributed by atoms with Gasteiger partial charge in [-0.15, -0.1) is 0 Å². The van der Waals surface area contributed by atoms with E-state index in [1.54, 1.807) is 48.5 Å². The lowest BCUT2D eigenvalue weighted by atomic mass is 10.2. The molecule has 0 saturated carbocycles. The predicted octanol–water partition coefficient (Wildman–Crippen LogP) is 3.80. The number of nitrogens with one attached hydrogen (secondary N) is 1. The molecule has 0 unspecified atom stereocenters. The van der Waals surface area contributed by atoms with E-state index in [1.165, 1.54) is 13.2 Å². The number of methoxy groups -OCH3 is 1. The summed E-state index contributed by atoms with van der Waals surface area (Å²) in [5.41, 5.74) is 0.669. The highest BCUT2D eigenvalue weighted by molar-refractivity contribution is 6.05. The molecule has 2 aromatic heterocycles. The smallest absolute Gasteiger partial charge is 0.302 e. The quantitative estimate of drug-likeness (QED) is 0.616. The molecule has 124 valence electrons. The van der Waals surface area contributed by atoms with Crippen molar-refractivity contribution in [2.24, 2.45) is 0 Å². The molecule has 1 amide bonds. The van der Waals surface area contributed by atoms with Crippen LogP contribution in [0.15, 0.2) is 68.2 Å². The summed E-state index contributed by atoms with van der Waals surface area (Å²) in [6.45, 7) is 0. The maximum atomic E-state index is 12.5. The van der Waals surface area contributed by atoms with Crippen LogP contribution in [0.3, 0.4) is 0 Å². The normalized spacial score (nSPS) is 10.9. The molecule has 0 aliphatic carbocycles. The second-order valence-electron chi connectivity index (χ2n) is 5.39. The number of ether oxygens (including phenoxy) is 1. The van der Waals surface area contributed by atoms with Gasteiger partial charge in [-0.05, 0) is 24.3 Å². The molecule has 1 N–H and O–H groups in total. The number of amides is 1. The zero-order valence-electron chi connectivity index (χ0n) is 13.2. The Labute approximate surface area is 141 Å². The highest BCUT2D eigenvalue weighted by Crippen LogP contribution is 2.26. The van der Waals surface area contributed by atoms with Crippen molar-refractivity contribution in [3.8, 4) is 5.75 Å². The third kappa shape index (κ3) is 2.53. The standard InChI is InChI=1S/C19H13NO5/c1-23-15-9-5-3-7-13(15)20-18(22)16-10-12-17(21)11-6-2-4-8-14(11)24-19(12)25-16/h2-10H,1H3,(H,20,22). The van der Waals surface area contributed by atoms with Crippen LogP contribution in [0.5, 0.6) is 5.75 Å². The Kier molecular flexibility index (Phi) is 3.50. The van der Waals surface area contributed by atoms with Gasteiger partial charge in [-0.2, -0.15) is 0 Å². The number of benzene rings is 2. The van der Waals surface area contributed by atoms with Gasteiger partial charge < -0.3 is 18.9 Å². The molecule has 4 aromatic rings. The molecule has 4 rings (SSSR count). The molecule has 0 aliphatic rings. The minimum absolute atomic E-state index is 0.0166. The third-order valence-electron chi connectivity index (χ3n) is 3.86. The molecule has 6 heteroatoms. The summed E-state index contributed by atoms with van der Waals surface area (Å²) in [5.74, 6) is 0.0252. The Morgan fingerprint density at radius 3 is 2.60 bits per heavy atom. The Hall–Kier alpha value is -3.54. The summed E-state index contributed by atoms with van der Waals surface area (Å²) >= 11 is 0. The number of hydrogen-bond donors (Lipinski definition) is 1. The lowest BCUT2D eigenvalue weighted by Crippen LogP contribution is -2.11. The largest absolute Gasteiger partial charge is 0.495 e. The van der Waals surface area contributed by atoms with Crippen molar-refractivity contribution in [2.75, 3.05) is 12.4 Å². The zero-order chi connectivity index (χ0) is 17.4. The maximum Gasteiger partial charge on any atom is 0.302 e. The van der Waals surface area contributed by atoms with Gasteiger partial charge in [0.15, 0.2) is 5.76 Å². The molecule has 0 spiro atoms. The minimum Gasteiger partial charge on any atom is -0.495 e. The SMILES string of the molecule is COc1ccccc1NC(=O)c1cc2c(=O)c3ccccc3oc2o1. The highest BCUT2D eigenvalue weighted by atomic mass is 16.5. The first-order valence-electron chi connectivity index (χ1n) is 7.57. The van der Waals surface area contributed by atoms with E-state index in [0.717, 1.165) is 0 Å². The van der Waals surface area contributed by atoms with Crippen LogP contribution < -0.4 is 15.5 Å². The fourth-order valence-corrected chi connectivity index (χ4v) is 2.64. The first kappa shape index (κ1) is 15.0. The molecule has 6 nitrogen and oxygen atoms in total. The van der Waals surface area contributed by atoms with Crippen LogP contribution in [0.4, 0.5) is 5.69 Å². The number of para-hydroxylation sites is 3. The van der Waals surface area contributed by atoms with Gasteiger partial charge in [0.25, 0.3) is 5.91 Å². The Bertz CT molecular complexity index is 1160. The van der Waals surface area contributed by atoms with Crippen molar-refractivity contribution in [1.29, 1.82) is 0 Å². The first-order chi connectivity index (χ1) is 12.2. The van der Waals surface area contributed by atoms with Gasteiger partial charge >= 0.3 is 5.78 Å². The van der Waals surface area contributed by atoms with Gasteiger partial charge in [0.05, 0.1) is 18.2 Å². The maximum absolute atomic E-state index is 12.5. The summed E-state index contributed by atoms with van der Waals surface area (Å²) in [4.78, 5) is 25.0. The molecule has 2 heterocycles. The van der Waals surface area contributed by atoms with Crippen molar-refractivity contribution >= 4 is 33.7 Å². The van der Waals surface area contributed by atoms with Crippen LogP contribution >= 0.6 is 0 Å². The number of rotatable bonds is 3. The molecule has 0 saturated heterocycles. The van der Waals surface area contributed by atoms with Crippen molar-refractivity contribution in [3.05, 3.63) is 70.6 Å². The van der Waals surface area contributed by atoms with E-state index < -0.39 is 5.91 Å². The predicted molar refractivity (Wildman–Crippen MR) is 93.2 cm³/mol. The van der Waals surface area contributed by atoms with Crippen molar-refractivity contribution in [1.82, 2.24) is 0 Å². The van der Waals surface area contributed by atoms with Crippen LogP contribution in [-0.4, -0.2) is 13.0 Å². The van der Waals surface area contributed by atoms with E-state index in [2.05, 4.69) is 5.32 Å². The molecule has 0 bridgehead atoms. The van der Waals surface area contributed by atoms with Gasteiger partial charge in [0, 0.05) is 6.07 Å². The Morgan fingerprint density at radius 1 is 1.00 bits per heavy atom. The van der Waals surface area contributed by atoms with Gasteiger partial charge in [-0.3, -0.25) is 9.59 Å². The Morgan fingerprint density at radius 2 is 1.76 bits per heavy atom. The zero-order valence-corrected chi connectivity index (χ0v) is 13.2. The molecule has 2 aromatic carbocycles. The van der Waals surface area contributed by atoms with Crippen molar-refractivity contribution in [2.45, 2.75) is 0 Å². The van der Waals surface area contributed by atoms with E-state index in [0.29, 0.717) is 22.4 Å². The number of carbonyl (C=O) groups is 1. The molecule has 0 atom stereocenters. The van der Waals surface area contributed by atoms with Crippen LogP contribution in [0, 0.1) is 0 Å². The second-order valence-corrected chi connectivity index (χ2v) is 5.39. The van der Waals surface area contributed by atoms with Gasteiger partial charge in [-0.25, -0.2) is 0 Å². The van der Waals surface area contributed by atoms with Gasteiger partial charge in [0.1, 0.15) is 16.7 Å². The average Bonchev–Trinajstić information content (AvgIpc) is 3.07. The summed E-state index contributed by atoms with van der Waals surface area (Å²) in [5, 5.41) is 3.36. The fourth-order valence-electron chi connectivity index (χ4n) is 2.64. The summed E-state index contributed by atoms with van der Waals surface area (Å²) < 4.78 is 16.2. The number of hydrogen-bond acceptors (Lipinski definition) is 5. The fraction of sp³-hybridized carbons (Fsp3) is 0.0526. The van der Waals surface area contributed by atoms with Gasteiger partial charge in [-0.1, -0.05) is 24.3 Å². The van der Waals surface area contributed by atoms with Crippen molar-refractivity contribution < 1.29 is 18.4 Å². The van der Waals surface area contributed by atoms with E-state index in [9.17, 15) is 9.59 Å². The molecule has 0 fully saturated rings. The average molecular weight is 335 g/mol. The topological polar surface area (TPSA) is 81.7 Å². The van der Waals surface area contributed by atoms with Crippen LogP contribution in [0.2, 0.25) is 0 Å². The Balaban J connectivity index is 1.76. The summed E-state index contributed by atoms with van der Waals surface area (Å²) in [6.07, 6.45) is 0. The number of anilines is 1. The van der Waals surface area contributed by atoms with E-state index in [4.69, 9.17) is 13.6 Å². The van der Waals surface area contributed by atoms with Crippen LogP contribution in [0.25, 0.3) is 22.1 Å². The first-order valence-corrected chi connectivity index (χ1v) is 7.57. The van der Waals surface area contributed by atoms with E-state index in [-0.39, 0.29) is 22.4 Å². The third-order valence-corrected chi connectivity index (χ3v) is 3.86. The lowest BCUT2D eigenvalue weighted by Gasteiger charge is -2.08. The summed E-state index contributed by atoms with van der Waals surface area (Å²) in [6, 6.07) is 15.2. The monoisotopic (exact) mass is 335 g/mol. The molecule has 0 radical (unpaired) electrons. The minimum atomic E-state index is -0.501.